The summed E-state index contributed by atoms with van der Waals surface area (Å²) in [5.74, 6) is 1.53. The second kappa shape index (κ2) is 7.68. The number of hydrogen-bond acceptors (Lipinski definition) is 5. The van der Waals surface area contributed by atoms with Crippen molar-refractivity contribution in [1.82, 2.24) is 14.7 Å². The zero-order chi connectivity index (χ0) is 16.9. The highest BCUT2D eigenvalue weighted by molar-refractivity contribution is 5.31. The first-order valence-corrected chi connectivity index (χ1v) is 8.33. The summed E-state index contributed by atoms with van der Waals surface area (Å²) in [4.78, 5) is 2.32. The third-order valence-corrected chi connectivity index (χ3v) is 4.42. The van der Waals surface area contributed by atoms with Gasteiger partial charge in [0.2, 0.25) is 0 Å². The number of methoxy groups -OCH3 is 1. The molecule has 0 radical (unpaired) electrons. The molecule has 1 aliphatic rings. The Morgan fingerprint density at radius 1 is 1.29 bits per heavy atom. The van der Waals surface area contributed by atoms with Crippen LogP contribution in [0, 0.1) is 0 Å². The van der Waals surface area contributed by atoms with Crippen molar-refractivity contribution in [3.63, 3.8) is 0 Å². The van der Waals surface area contributed by atoms with E-state index in [2.05, 4.69) is 16.2 Å². The van der Waals surface area contributed by atoms with E-state index in [1.807, 2.05) is 42.2 Å². The lowest BCUT2D eigenvalue weighted by Crippen LogP contribution is -2.35. The summed E-state index contributed by atoms with van der Waals surface area (Å²) in [6.45, 7) is 1.89. The first kappa shape index (κ1) is 16.8. The summed E-state index contributed by atoms with van der Waals surface area (Å²) >= 11 is 0. The first-order chi connectivity index (χ1) is 11.7. The smallest absolute Gasteiger partial charge is 0.119 e. The van der Waals surface area contributed by atoms with Crippen LogP contribution in [0.3, 0.4) is 0 Å². The van der Waals surface area contributed by atoms with Gasteiger partial charge in [-0.3, -0.25) is 9.58 Å². The van der Waals surface area contributed by atoms with Gasteiger partial charge in [-0.05, 0) is 43.7 Å². The van der Waals surface area contributed by atoms with E-state index in [0.29, 0.717) is 12.6 Å². The Hall–Kier alpha value is -2.05. The zero-order valence-corrected chi connectivity index (χ0v) is 14.3. The van der Waals surface area contributed by atoms with Crippen LogP contribution in [-0.4, -0.2) is 52.7 Å². The van der Waals surface area contributed by atoms with E-state index >= 15 is 0 Å². The van der Waals surface area contributed by atoms with E-state index in [1.54, 1.807) is 7.11 Å². The lowest BCUT2D eigenvalue weighted by Gasteiger charge is -2.26. The van der Waals surface area contributed by atoms with Gasteiger partial charge in [-0.1, -0.05) is 0 Å². The third-order valence-electron chi connectivity index (χ3n) is 4.42. The summed E-state index contributed by atoms with van der Waals surface area (Å²) in [7, 11) is 3.56. The molecule has 2 atom stereocenters. The summed E-state index contributed by atoms with van der Waals surface area (Å²) in [6, 6.07) is 7.73. The van der Waals surface area contributed by atoms with Gasteiger partial charge in [0.1, 0.15) is 24.2 Å². The quantitative estimate of drug-likeness (QED) is 0.841. The van der Waals surface area contributed by atoms with Crippen LogP contribution >= 0.6 is 0 Å². The van der Waals surface area contributed by atoms with Gasteiger partial charge in [-0.15, -0.1) is 0 Å². The number of aromatic nitrogens is 2. The summed E-state index contributed by atoms with van der Waals surface area (Å²) in [6.07, 6.45) is 5.71. The Bertz CT molecular complexity index is 641. The summed E-state index contributed by atoms with van der Waals surface area (Å²) in [5, 5.41) is 14.6. The van der Waals surface area contributed by atoms with Gasteiger partial charge in [0.25, 0.3) is 0 Å². The van der Waals surface area contributed by atoms with Gasteiger partial charge in [0, 0.05) is 31.4 Å². The first-order valence-electron chi connectivity index (χ1n) is 8.33. The van der Waals surface area contributed by atoms with Crippen LogP contribution in [0.2, 0.25) is 0 Å². The molecule has 0 aliphatic carbocycles. The number of aliphatic hydroxyl groups excluding tert-OH is 1. The molecular weight excluding hydrogens is 306 g/mol. The lowest BCUT2D eigenvalue weighted by molar-refractivity contribution is 0.0638. The summed E-state index contributed by atoms with van der Waals surface area (Å²) < 4.78 is 12.6. The number of rotatable bonds is 7. The average Bonchev–Trinajstić information content (AvgIpc) is 3.22. The second-order valence-electron chi connectivity index (χ2n) is 6.24. The molecule has 3 rings (SSSR count). The van der Waals surface area contributed by atoms with E-state index in [4.69, 9.17) is 9.47 Å². The van der Waals surface area contributed by atoms with Gasteiger partial charge >= 0.3 is 0 Å². The predicted molar refractivity (Wildman–Crippen MR) is 91.3 cm³/mol. The minimum atomic E-state index is -0.524. The lowest BCUT2D eigenvalue weighted by atomic mass is 10.1. The van der Waals surface area contributed by atoms with Crippen LogP contribution in [0.5, 0.6) is 11.5 Å². The maximum atomic E-state index is 10.3. The molecule has 0 unspecified atom stereocenters. The number of benzene rings is 1. The minimum Gasteiger partial charge on any atom is -0.497 e. The summed E-state index contributed by atoms with van der Waals surface area (Å²) in [5.41, 5.74) is 1.22. The fraction of sp³-hybridized carbons (Fsp3) is 0.500. The molecule has 130 valence electrons. The Balaban J connectivity index is 1.51. The SMILES string of the molecule is COc1ccc(OC[C@@H](O)CN2CCC[C@H]2c2cnn(C)c2)cc1. The average molecular weight is 331 g/mol. The molecule has 0 spiro atoms. The van der Waals surface area contributed by atoms with Crippen molar-refractivity contribution in [2.75, 3.05) is 26.8 Å². The highest BCUT2D eigenvalue weighted by atomic mass is 16.5. The highest BCUT2D eigenvalue weighted by Crippen LogP contribution is 2.31. The van der Waals surface area contributed by atoms with Crippen LogP contribution in [-0.2, 0) is 7.05 Å². The molecule has 6 nitrogen and oxygen atoms in total. The van der Waals surface area contributed by atoms with Gasteiger partial charge in [-0.25, -0.2) is 0 Å². The van der Waals surface area contributed by atoms with E-state index < -0.39 is 6.10 Å². The molecule has 1 N–H and O–H groups in total. The van der Waals surface area contributed by atoms with Crippen molar-refractivity contribution in [3.8, 4) is 11.5 Å². The molecule has 1 fully saturated rings. The van der Waals surface area contributed by atoms with E-state index in [9.17, 15) is 5.11 Å². The maximum Gasteiger partial charge on any atom is 0.119 e. The van der Waals surface area contributed by atoms with E-state index in [1.165, 1.54) is 5.56 Å². The topological polar surface area (TPSA) is 59.8 Å². The molecule has 1 aliphatic heterocycles. The van der Waals surface area contributed by atoms with Crippen molar-refractivity contribution in [2.45, 2.75) is 25.0 Å². The van der Waals surface area contributed by atoms with Crippen molar-refractivity contribution < 1.29 is 14.6 Å². The maximum absolute atomic E-state index is 10.3. The van der Waals surface area contributed by atoms with Gasteiger partial charge in [0.05, 0.1) is 13.3 Å². The van der Waals surface area contributed by atoms with Crippen molar-refractivity contribution >= 4 is 0 Å². The Morgan fingerprint density at radius 3 is 2.71 bits per heavy atom. The number of β-amino-alcohol motifs (C(OH)–C–C–N with tert-alkyl or cyclic N) is 1. The Morgan fingerprint density at radius 2 is 2.04 bits per heavy atom. The highest BCUT2D eigenvalue weighted by Gasteiger charge is 2.28. The number of nitrogens with zero attached hydrogens (tertiary/aromatic N) is 3. The van der Waals surface area contributed by atoms with Crippen LogP contribution in [0.4, 0.5) is 0 Å². The number of ether oxygens (including phenoxy) is 2. The second-order valence-corrected chi connectivity index (χ2v) is 6.24. The van der Waals surface area contributed by atoms with Gasteiger partial charge in [-0.2, -0.15) is 5.10 Å². The van der Waals surface area contributed by atoms with E-state index in [-0.39, 0.29) is 6.61 Å². The van der Waals surface area contributed by atoms with Crippen LogP contribution in [0.25, 0.3) is 0 Å². The fourth-order valence-corrected chi connectivity index (χ4v) is 3.22. The zero-order valence-electron chi connectivity index (χ0n) is 14.3. The van der Waals surface area contributed by atoms with Crippen molar-refractivity contribution in [2.24, 2.45) is 7.05 Å². The molecule has 0 bridgehead atoms. The largest absolute Gasteiger partial charge is 0.497 e. The van der Waals surface area contributed by atoms with Crippen molar-refractivity contribution in [1.29, 1.82) is 0 Å². The molecule has 6 heteroatoms. The van der Waals surface area contributed by atoms with Gasteiger partial charge in [0.15, 0.2) is 0 Å². The number of hydrogen-bond donors (Lipinski definition) is 1. The standard InChI is InChI=1S/C18H25N3O3/c1-20-11-14(10-19-20)18-4-3-9-21(18)12-15(22)13-24-17-7-5-16(23-2)6-8-17/h5-8,10-11,15,18,22H,3-4,9,12-13H2,1-2H3/t15-,18-/m0/s1. The molecule has 1 saturated heterocycles. The van der Waals surface area contributed by atoms with Crippen molar-refractivity contribution in [3.05, 3.63) is 42.2 Å². The third kappa shape index (κ3) is 4.07. The monoisotopic (exact) mass is 331 g/mol. The molecule has 0 saturated carbocycles. The number of aryl methyl sites for hydroxylation is 1. The Kier molecular flexibility index (Phi) is 5.37. The predicted octanol–water partition coefficient (Wildman–Crippen LogP) is 2.01. The van der Waals surface area contributed by atoms with Crippen LogP contribution in [0.15, 0.2) is 36.7 Å². The molecule has 1 aromatic carbocycles. The number of aliphatic hydroxyl groups is 1. The molecule has 1 aromatic heterocycles. The molecule has 24 heavy (non-hydrogen) atoms. The minimum absolute atomic E-state index is 0.280. The van der Waals surface area contributed by atoms with Crippen LogP contribution in [0.1, 0.15) is 24.4 Å². The molecule has 0 amide bonds. The number of likely N-dealkylation sites (tertiary alicyclic amines) is 1. The fourth-order valence-electron chi connectivity index (χ4n) is 3.22. The van der Waals surface area contributed by atoms with Gasteiger partial charge < -0.3 is 14.6 Å². The molecule has 2 heterocycles. The molecule has 2 aromatic rings. The Labute approximate surface area is 142 Å². The molecular formula is C18H25N3O3. The normalized spacial score (nSPS) is 19.4. The van der Waals surface area contributed by atoms with E-state index in [0.717, 1.165) is 30.9 Å². The van der Waals surface area contributed by atoms with Crippen LogP contribution < -0.4 is 9.47 Å².